The molecule has 0 fully saturated rings. The van der Waals surface area contributed by atoms with Crippen LogP contribution in [0.3, 0.4) is 0 Å². The van der Waals surface area contributed by atoms with E-state index in [1.165, 1.54) is 19.1 Å². The Kier molecular flexibility index (Phi) is 5.34. The molecule has 0 aliphatic rings. The second-order valence-corrected chi connectivity index (χ2v) is 7.29. The smallest absolute Gasteiger partial charge is 0.241 e. The van der Waals surface area contributed by atoms with Crippen molar-refractivity contribution in [2.75, 3.05) is 0 Å². The van der Waals surface area contributed by atoms with E-state index in [4.69, 9.17) is 0 Å². The monoisotopic (exact) mass is 331 g/mol. The molecule has 5 heteroatoms. The molecule has 0 spiro atoms. The van der Waals surface area contributed by atoms with Gasteiger partial charge in [0.15, 0.2) is 5.78 Å². The molecule has 0 radical (unpaired) electrons. The molecule has 0 amide bonds. The lowest BCUT2D eigenvalue weighted by Gasteiger charge is -2.18. The Morgan fingerprint density at radius 1 is 1.13 bits per heavy atom. The van der Waals surface area contributed by atoms with Gasteiger partial charge in [-0.1, -0.05) is 48.9 Å². The molecule has 1 atom stereocenters. The molecule has 2 aromatic rings. The average molecular weight is 331 g/mol. The van der Waals surface area contributed by atoms with E-state index >= 15 is 0 Å². The number of rotatable bonds is 6. The van der Waals surface area contributed by atoms with Crippen molar-refractivity contribution in [3.05, 3.63) is 65.2 Å². The number of benzene rings is 2. The van der Waals surface area contributed by atoms with Crippen LogP contribution in [0.25, 0.3) is 0 Å². The van der Waals surface area contributed by atoms with E-state index in [9.17, 15) is 13.2 Å². The van der Waals surface area contributed by atoms with Gasteiger partial charge in [-0.05, 0) is 38.0 Å². The summed E-state index contributed by atoms with van der Waals surface area (Å²) in [5.74, 6) is -0.160. The standard InChI is InChI=1S/C18H21NO3S/c1-4-18(15-10-8-13(2)9-11-15)19-23(21,22)17-7-5-6-16(12-17)14(3)20/h5-12,18-19H,4H2,1-3H3/t18-/m1/s1. The Bertz CT molecular complexity index is 795. The summed E-state index contributed by atoms with van der Waals surface area (Å²) < 4.78 is 27.9. The fourth-order valence-corrected chi connectivity index (χ4v) is 3.68. The summed E-state index contributed by atoms with van der Waals surface area (Å²) in [4.78, 5) is 11.5. The number of aryl methyl sites for hydroxylation is 1. The van der Waals surface area contributed by atoms with Crippen molar-refractivity contribution in [3.63, 3.8) is 0 Å². The van der Waals surface area contributed by atoms with Gasteiger partial charge in [-0.15, -0.1) is 0 Å². The Morgan fingerprint density at radius 3 is 2.35 bits per heavy atom. The van der Waals surface area contributed by atoms with E-state index in [0.29, 0.717) is 12.0 Å². The second-order valence-electron chi connectivity index (χ2n) is 5.58. The summed E-state index contributed by atoms with van der Waals surface area (Å²) >= 11 is 0. The van der Waals surface area contributed by atoms with E-state index in [1.807, 2.05) is 38.1 Å². The van der Waals surface area contributed by atoms with E-state index < -0.39 is 10.0 Å². The van der Waals surface area contributed by atoms with Gasteiger partial charge < -0.3 is 0 Å². The highest BCUT2D eigenvalue weighted by Gasteiger charge is 2.20. The van der Waals surface area contributed by atoms with Crippen molar-refractivity contribution in [3.8, 4) is 0 Å². The molecule has 122 valence electrons. The van der Waals surface area contributed by atoms with Gasteiger partial charge in [-0.3, -0.25) is 4.79 Å². The quantitative estimate of drug-likeness (QED) is 0.822. The maximum Gasteiger partial charge on any atom is 0.241 e. The van der Waals surface area contributed by atoms with Crippen molar-refractivity contribution in [1.29, 1.82) is 0 Å². The third kappa shape index (κ3) is 4.27. The minimum absolute atomic E-state index is 0.107. The molecule has 0 aliphatic carbocycles. The molecule has 4 nitrogen and oxygen atoms in total. The van der Waals surface area contributed by atoms with Crippen LogP contribution < -0.4 is 4.72 Å². The third-order valence-corrected chi connectivity index (χ3v) is 5.21. The molecule has 2 rings (SSSR count). The Labute approximate surface area is 137 Å². The van der Waals surface area contributed by atoms with Crippen molar-refractivity contribution in [2.45, 2.75) is 38.1 Å². The lowest BCUT2D eigenvalue weighted by atomic mass is 10.0. The molecule has 0 aromatic heterocycles. The van der Waals surface area contributed by atoms with Gasteiger partial charge in [0.25, 0.3) is 0 Å². The number of hydrogen-bond donors (Lipinski definition) is 1. The molecule has 0 saturated heterocycles. The van der Waals surface area contributed by atoms with Crippen LogP contribution in [-0.2, 0) is 10.0 Å². The molecular weight excluding hydrogens is 310 g/mol. The van der Waals surface area contributed by atoms with Crippen molar-refractivity contribution in [2.24, 2.45) is 0 Å². The number of nitrogens with one attached hydrogen (secondary N) is 1. The summed E-state index contributed by atoms with van der Waals surface area (Å²) in [5.41, 5.74) is 2.43. The SMILES string of the molecule is CC[C@@H](NS(=O)(=O)c1cccc(C(C)=O)c1)c1ccc(C)cc1. The van der Waals surface area contributed by atoms with Crippen molar-refractivity contribution >= 4 is 15.8 Å². The summed E-state index contributed by atoms with van der Waals surface area (Å²) in [7, 11) is -3.69. The first-order valence-electron chi connectivity index (χ1n) is 7.53. The Morgan fingerprint density at radius 2 is 1.78 bits per heavy atom. The van der Waals surface area contributed by atoms with Crippen LogP contribution in [0.4, 0.5) is 0 Å². The summed E-state index contributed by atoms with van der Waals surface area (Å²) in [6.45, 7) is 5.33. The maximum absolute atomic E-state index is 12.6. The Balaban J connectivity index is 2.30. The average Bonchev–Trinajstić information content (AvgIpc) is 2.53. The Hall–Kier alpha value is -1.98. The van der Waals surface area contributed by atoms with Crippen LogP contribution >= 0.6 is 0 Å². The van der Waals surface area contributed by atoms with Gasteiger partial charge in [0.05, 0.1) is 4.90 Å². The maximum atomic E-state index is 12.6. The largest absolute Gasteiger partial charge is 0.295 e. The third-order valence-electron chi connectivity index (χ3n) is 3.74. The number of Topliss-reactive ketones (excluding diaryl/α,β-unsaturated/α-hetero) is 1. The zero-order chi connectivity index (χ0) is 17.0. The van der Waals surface area contributed by atoms with Crippen LogP contribution in [0.2, 0.25) is 0 Å². The lowest BCUT2D eigenvalue weighted by molar-refractivity contribution is 0.101. The minimum atomic E-state index is -3.69. The highest BCUT2D eigenvalue weighted by atomic mass is 32.2. The highest BCUT2D eigenvalue weighted by Crippen LogP contribution is 2.21. The predicted octanol–water partition coefficient (Wildman–Crippen LogP) is 3.63. The van der Waals surface area contributed by atoms with Crippen LogP contribution in [0.15, 0.2) is 53.4 Å². The summed E-state index contributed by atoms with van der Waals surface area (Å²) in [5, 5.41) is 0. The van der Waals surface area contributed by atoms with Gasteiger partial charge in [-0.2, -0.15) is 0 Å². The first-order chi connectivity index (χ1) is 10.8. The van der Waals surface area contributed by atoms with E-state index in [2.05, 4.69) is 4.72 Å². The normalized spacial score (nSPS) is 12.8. The lowest BCUT2D eigenvalue weighted by Crippen LogP contribution is -2.28. The van der Waals surface area contributed by atoms with Gasteiger partial charge >= 0.3 is 0 Å². The topological polar surface area (TPSA) is 63.2 Å². The molecule has 23 heavy (non-hydrogen) atoms. The van der Waals surface area contributed by atoms with Gasteiger partial charge in [0.1, 0.15) is 0 Å². The van der Waals surface area contributed by atoms with E-state index in [0.717, 1.165) is 11.1 Å². The fourth-order valence-electron chi connectivity index (χ4n) is 2.32. The fraction of sp³-hybridized carbons (Fsp3) is 0.278. The number of carbonyl (C=O) groups excluding carboxylic acids is 1. The van der Waals surface area contributed by atoms with Gasteiger partial charge in [0.2, 0.25) is 10.0 Å². The number of ketones is 1. The molecule has 0 heterocycles. The number of carbonyl (C=O) groups is 1. The van der Waals surface area contributed by atoms with Crippen molar-refractivity contribution < 1.29 is 13.2 Å². The zero-order valence-corrected chi connectivity index (χ0v) is 14.4. The molecule has 0 unspecified atom stereocenters. The highest BCUT2D eigenvalue weighted by molar-refractivity contribution is 7.89. The molecule has 1 N–H and O–H groups in total. The molecule has 0 aliphatic heterocycles. The van der Waals surface area contributed by atoms with Crippen LogP contribution in [-0.4, -0.2) is 14.2 Å². The molecule has 0 bridgehead atoms. The van der Waals surface area contributed by atoms with Gasteiger partial charge in [0, 0.05) is 11.6 Å². The molecule has 2 aromatic carbocycles. The summed E-state index contributed by atoms with van der Waals surface area (Å²) in [6.07, 6.45) is 0.634. The second kappa shape index (κ2) is 7.06. The van der Waals surface area contributed by atoms with Crippen LogP contribution in [0.1, 0.15) is 47.8 Å². The first kappa shape index (κ1) is 17.4. The zero-order valence-electron chi connectivity index (χ0n) is 13.5. The number of sulfonamides is 1. The first-order valence-corrected chi connectivity index (χ1v) is 9.01. The molecule has 0 saturated carbocycles. The van der Waals surface area contributed by atoms with Gasteiger partial charge in [-0.25, -0.2) is 13.1 Å². The minimum Gasteiger partial charge on any atom is -0.295 e. The predicted molar refractivity (Wildman–Crippen MR) is 91.0 cm³/mol. The molecular formula is C18H21NO3S. The van der Waals surface area contributed by atoms with E-state index in [-0.39, 0.29) is 16.7 Å². The number of hydrogen-bond acceptors (Lipinski definition) is 3. The van der Waals surface area contributed by atoms with Crippen LogP contribution in [0, 0.1) is 6.92 Å². The van der Waals surface area contributed by atoms with Crippen LogP contribution in [0.5, 0.6) is 0 Å². The van der Waals surface area contributed by atoms with Crippen molar-refractivity contribution in [1.82, 2.24) is 4.72 Å². The summed E-state index contributed by atoms with van der Waals surface area (Å²) in [6, 6.07) is 13.6. The van der Waals surface area contributed by atoms with E-state index in [1.54, 1.807) is 12.1 Å².